The Bertz CT molecular complexity index is 278. The van der Waals surface area contributed by atoms with Crippen LogP contribution >= 0.6 is 0 Å². The third-order valence-corrected chi connectivity index (χ3v) is 2.81. The summed E-state index contributed by atoms with van der Waals surface area (Å²) in [6.45, 7) is 3.84. The van der Waals surface area contributed by atoms with Gasteiger partial charge in [-0.1, -0.05) is 13.8 Å². The van der Waals surface area contributed by atoms with Crippen molar-refractivity contribution in [3.63, 3.8) is 0 Å². The van der Waals surface area contributed by atoms with E-state index in [4.69, 9.17) is 9.66 Å². The Morgan fingerprint density at radius 2 is 1.88 bits per heavy atom. The Balaban J connectivity index is 3.96. The lowest BCUT2D eigenvalue weighted by atomic mass is 10.0. The van der Waals surface area contributed by atoms with Crippen molar-refractivity contribution in [2.24, 2.45) is 5.92 Å². The lowest BCUT2D eigenvalue weighted by Crippen LogP contribution is -2.42. The lowest BCUT2D eigenvalue weighted by molar-refractivity contribution is 0.0946. The number of nitrogens with one attached hydrogen (secondary N) is 1. The van der Waals surface area contributed by atoms with Crippen LogP contribution in [0.5, 0.6) is 0 Å². The van der Waals surface area contributed by atoms with Crippen molar-refractivity contribution >= 4 is 10.1 Å². The molecule has 0 bridgehead atoms. The molecular formula is C9H21NO5S. The van der Waals surface area contributed by atoms with Crippen molar-refractivity contribution in [3.8, 4) is 0 Å². The smallest absolute Gasteiger partial charge is 0.265 e. The highest BCUT2D eigenvalue weighted by atomic mass is 32.2. The monoisotopic (exact) mass is 255 g/mol. The van der Waals surface area contributed by atoms with Gasteiger partial charge in [0.1, 0.15) is 6.23 Å². The molecule has 0 aromatic carbocycles. The normalized spacial score (nSPS) is 16.4. The molecule has 0 aliphatic heterocycles. The zero-order chi connectivity index (χ0) is 12.8. The van der Waals surface area contributed by atoms with E-state index in [1.54, 1.807) is 0 Å². The van der Waals surface area contributed by atoms with Gasteiger partial charge in [-0.05, 0) is 12.3 Å². The minimum Gasteiger partial charge on any atom is -0.395 e. The molecule has 0 saturated heterocycles. The Morgan fingerprint density at radius 3 is 2.25 bits per heavy atom. The SMILES string of the molecule is CC(C)CC(CO)NC(O)CCS(=O)(=O)O. The highest BCUT2D eigenvalue weighted by Gasteiger charge is 2.15. The standard InChI is InChI=1S/C9H21NO5S/c1-7(2)5-8(6-11)10-9(12)3-4-16(13,14)15/h7-12H,3-6H2,1-2H3,(H,13,14,15). The van der Waals surface area contributed by atoms with E-state index in [1.807, 2.05) is 13.8 Å². The van der Waals surface area contributed by atoms with Crippen LogP contribution in [-0.2, 0) is 10.1 Å². The molecule has 0 aromatic heterocycles. The van der Waals surface area contributed by atoms with E-state index < -0.39 is 22.1 Å². The summed E-state index contributed by atoms with van der Waals surface area (Å²) in [5, 5.41) is 21.1. The molecule has 2 atom stereocenters. The summed E-state index contributed by atoms with van der Waals surface area (Å²) in [5.74, 6) is -0.139. The molecule has 0 heterocycles. The quantitative estimate of drug-likeness (QED) is 0.347. The zero-order valence-electron chi connectivity index (χ0n) is 9.63. The van der Waals surface area contributed by atoms with Gasteiger partial charge in [-0.3, -0.25) is 9.87 Å². The zero-order valence-corrected chi connectivity index (χ0v) is 10.4. The van der Waals surface area contributed by atoms with Gasteiger partial charge in [-0.2, -0.15) is 8.42 Å². The summed E-state index contributed by atoms with van der Waals surface area (Å²) in [6, 6.07) is -0.267. The van der Waals surface area contributed by atoms with Crippen LogP contribution in [0.1, 0.15) is 26.7 Å². The van der Waals surface area contributed by atoms with Gasteiger partial charge in [-0.15, -0.1) is 0 Å². The van der Waals surface area contributed by atoms with E-state index in [-0.39, 0.29) is 19.1 Å². The Labute approximate surface area is 96.4 Å². The van der Waals surface area contributed by atoms with E-state index in [0.717, 1.165) is 0 Å². The highest BCUT2D eigenvalue weighted by molar-refractivity contribution is 7.85. The van der Waals surface area contributed by atoms with Gasteiger partial charge < -0.3 is 10.2 Å². The van der Waals surface area contributed by atoms with E-state index >= 15 is 0 Å². The van der Waals surface area contributed by atoms with Crippen LogP contribution in [0.4, 0.5) is 0 Å². The largest absolute Gasteiger partial charge is 0.395 e. The summed E-state index contributed by atoms with van der Waals surface area (Å²) in [4.78, 5) is 0. The molecule has 7 heteroatoms. The predicted octanol–water partition coefficient (Wildman–Crippen LogP) is -0.421. The Hall–Kier alpha value is -0.210. The van der Waals surface area contributed by atoms with Crippen molar-refractivity contribution in [1.29, 1.82) is 0 Å². The van der Waals surface area contributed by atoms with Crippen molar-refractivity contribution in [1.82, 2.24) is 5.32 Å². The molecule has 0 spiro atoms. The van der Waals surface area contributed by atoms with Crippen LogP contribution in [0.2, 0.25) is 0 Å². The Kier molecular flexibility index (Phi) is 7.09. The maximum Gasteiger partial charge on any atom is 0.265 e. The molecule has 16 heavy (non-hydrogen) atoms. The second-order valence-electron chi connectivity index (χ2n) is 4.27. The van der Waals surface area contributed by atoms with Crippen LogP contribution in [-0.4, -0.2) is 47.8 Å². The first-order valence-corrected chi connectivity index (χ1v) is 6.85. The molecule has 2 unspecified atom stereocenters. The molecule has 0 saturated carbocycles. The van der Waals surface area contributed by atoms with Crippen molar-refractivity contribution < 1.29 is 23.2 Å². The van der Waals surface area contributed by atoms with Crippen molar-refractivity contribution in [2.45, 2.75) is 39.0 Å². The van der Waals surface area contributed by atoms with Crippen molar-refractivity contribution in [3.05, 3.63) is 0 Å². The fourth-order valence-electron chi connectivity index (χ4n) is 1.38. The van der Waals surface area contributed by atoms with Crippen molar-refractivity contribution in [2.75, 3.05) is 12.4 Å². The summed E-state index contributed by atoms with van der Waals surface area (Å²) >= 11 is 0. The van der Waals surface area contributed by atoms with Crippen LogP contribution in [0, 0.1) is 5.92 Å². The topological polar surface area (TPSA) is 107 Å². The van der Waals surface area contributed by atoms with E-state index in [0.29, 0.717) is 12.3 Å². The van der Waals surface area contributed by atoms with E-state index in [2.05, 4.69) is 5.32 Å². The van der Waals surface area contributed by atoms with Gasteiger partial charge in [0.2, 0.25) is 0 Å². The number of aliphatic hydroxyl groups excluding tert-OH is 2. The molecule has 0 aliphatic carbocycles. The molecule has 0 fully saturated rings. The average Bonchev–Trinajstić information content (AvgIpc) is 2.12. The number of hydrogen-bond donors (Lipinski definition) is 4. The van der Waals surface area contributed by atoms with Crippen LogP contribution in [0.3, 0.4) is 0 Å². The molecule has 98 valence electrons. The summed E-state index contributed by atoms with van der Waals surface area (Å²) in [6.07, 6.45) is -0.467. The maximum atomic E-state index is 10.4. The van der Waals surface area contributed by atoms with Gasteiger partial charge in [0.25, 0.3) is 10.1 Å². The van der Waals surface area contributed by atoms with Crippen LogP contribution in [0.15, 0.2) is 0 Å². The van der Waals surface area contributed by atoms with Crippen LogP contribution in [0.25, 0.3) is 0 Å². The number of hydrogen-bond acceptors (Lipinski definition) is 5. The second-order valence-corrected chi connectivity index (χ2v) is 5.84. The summed E-state index contributed by atoms with van der Waals surface area (Å²) in [5.41, 5.74) is 0. The van der Waals surface area contributed by atoms with Gasteiger partial charge in [0, 0.05) is 12.5 Å². The fraction of sp³-hybridized carbons (Fsp3) is 1.00. The lowest BCUT2D eigenvalue weighted by Gasteiger charge is -2.21. The Morgan fingerprint density at radius 1 is 1.31 bits per heavy atom. The fourth-order valence-corrected chi connectivity index (χ4v) is 1.90. The first-order valence-electron chi connectivity index (χ1n) is 5.24. The molecule has 4 N–H and O–H groups in total. The molecule has 0 rings (SSSR count). The molecule has 0 aliphatic rings. The summed E-state index contributed by atoms with van der Waals surface area (Å²) in [7, 11) is -4.05. The minimum atomic E-state index is -4.05. The molecular weight excluding hydrogens is 234 g/mol. The molecule has 6 nitrogen and oxygen atoms in total. The molecule has 0 radical (unpaired) electrons. The van der Waals surface area contributed by atoms with E-state index in [9.17, 15) is 13.5 Å². The average molecular weight is 255 g/mol. The second kappa shape index (κ2) is 7.18. The van der Waals surface area contributed by atoms with Gasteiger partial charge >= 0.3 is 0 Å². The highest BCUT2D eigenvalue weighted by Crippen LogP contribution is 2.05. The number of aliphatic hydroxyl groups is 2. The minimum absolute atomic E-state index is 0.104. The maximum absolute atomic E-state index is 10.4. The van der Waals surface area contributed by atoms with E-state index in [1.165, 1.54) is 0 Å². The first-order chi connectivity index (χ1) is 7.24. The summed E-state index contributed by atoms with van der Waals surface area (Å²) < 4.78 is 29.4. The first kappa shape index (κ1) is 15.8. The van der Waals surface area contributed by atoms with Crippen LogP contribution < -0.4 is 5.32 Å². The van der Waals surface area contributed by atoms with Gasteiger partial charge in [0.05, 0.1) is 12.4 Å². The molecule has 0 amide bonds. The van der Waals surface area contributed by atoms with Gasteiger partial charge in [0.15, 0.2) is 0 Å². The third-order valence-electron chi connectivity index (χ3n) is 2.05. The third kappa shape index (κ3) is 9.05. The molecule has 0 aromatic rings. The van der Waals surface area contributed by atoms with Gasteiger partial charge in [-0.25, -0.2) is 0 Å². The predicted molar refractivity (Wildman–Crippen MR) is 60.5 cm³/mol. The number of rotatable bonds is 8.